The van der Waals surface area contributed by atoms with Crippen molar-refractivity contribution in [2.75, 3.05) is 0 Å². The van der Waals surface area contributed by atoms with E-state index in [1.54, 1.807) is 48.4 Å². The van der Waals surface area contributed by atoms with Gasteiger partial charge in [-0.05, 0) is 22.8 Å². The Morgan fingerprint density at radius 2 is 1.71 bits per heavy atom. The number of aliphatic hydroxyl groups is 1. The Hall–Kier alpha value is -2.60. The first-order valence-corrected chi connectivity index (χ1v) is 7.35. The lowest BCUT2D eigenvalue weighted by Gasteiger charge is -2.28. The minimum Gasteiger partial charge on any atom is -0.372 e. The zero-order chi connectivity index (χ0) is 17.1. The van der Waals surface area contributed by atoms with E-state index in [9.17, 15) is 18.3 Å². The number of nitrogens with zero attached hydrogens (tertiary/aromatic N) is 2. The largest absolute Gasteiger partial charge is 0.425 e. The molecule has 1 heterocycles. The molecule has 0 aliphatic heterocycles. The van der Waals surface area contributed by atoms with Crippen molar-refractivity contribution in [1.29, 1.82) is 0 Å². The van der Waals surface area contributed by atoms with Gasteiger partial charge in [-0.15, -0.1) is 0 Å². The number of rotatable bonds is 1. The molecule has 4 rings (SSSR count). The summed E-state index contributed by atoms with van der Waals surface area (Å²) < 4.78 is 42.9. The number of halogens is 3. The molecule has 0 saturated carbocycles. The molecule has 1 aliphatic rings. The standard InChI is InChI=1S/C18H13F3N2O/c1-23-10-12(9-22-23)11-6-7-14-13-4-2-3-5-15(13)17(24,16(14)8-11)18(19,20)21/h2-10,24H,1H3. The fourth-order valence-electron chi connectivity index (χ4n) is 3.31. The molecule has 0 saturated heterocycles. The predicted molar refractivity (Wildman–Crippen MR) is 83.1 cm³/mol. The van der Waals surface area contributed by atoms with Gasteiger partial charge in [0.1, 0.15) is 0 Å². The third-order valence-electron chi connectivity index (χ3n) is 4.46. The Bertz CT molecular complexity index is 945. The van der Waals surface area contributed by atoms with Crippen molar-refractivity contribution < 1.29 is 18.3 Å². The van der Waals surface area contributed by atoms with E-state index in [-0.39, 0.29) is 11.1 Å². The van der Waals surface area contributed by atoms with E-state index >= 15 is 0 Å². The van der Waals surface area contributed by atoms with Crippen LogP contribution < -0.4 is 0 Å². The summed E-state index contributed by atoms with van der Waals surface area (Å²) >= 11 is 0. The lowest BCUT2D eigenvalue weighted by molar-refractivity contribution is -0.246. The number of aromatic nitrogens is 2. The number of benzene rings is 2. The molecule has 122 valence electrons. The van der Waals surface area contributed by atoms with Crippen LogP contribution in [0, 0.1) is 0 Å². The topological polar surface area (TPSA) is 38.0 Å². The molecule has 3 nitrogen and oxygen atoms in total. The van der Waals surface area contributed by atoms with E-state index in [0.717, 1.165) is 0 Å². The van der Waals surface area contributed by atoms with Gasteiger partial charge in [0.15, 0.2) is 0 Å². The van der Waals surface area contributed by atoms with E-state index in [1.807, 2.05) is 0 Å². The fourth-order valence-corrected chi connectivity index (χ4v) is 3.31. The zero-order valence-corrected chi connectivity index (χ0v) is 12.7. The number of aryl methyl sites for hydroxylation is 1. The third kappa shape index (κ3) is 1.86. The summed E-state index contributed by atoms with van der Waals surface area (Å²) in [4.78, 5) is 0. The normalized spacial score (nSPS) is 19.2. The van der Waals surface area contributed by atoms with Gasteiger partial charge in [-0.25, -0.2) is 0 Å². The van der Waals surface area contributed by atoms with Crippen LogP contribution in [0.2, 0.25) is 0 Å². The van der Waals surface area contributed by atoms with Crippen LogP contribution in [-0.2, 0) is 12.6 Å². The minimum absolute atomic E-state index is 0.129. The minimum atomic E-state index is -4.82. The van der Waals surface area contributed by atoms with Crippen LogP contribution >= 0.6 is 0 Å². The SMILES string of the molecule is Cn1cc(-c2ccc3c(c2)C(O)(C(F)(F)F)c2ccccc2-3)cn1. The Morgan fingerprint density at radius 1 is 1.00 bits per heavy atom. The van der Waals surface area contributed by atoms with Crippen LogP contribution in [0.4, 0.5) is 13.2 Å². The summed E-state index contributed by atoms with van der Waals surface area (Å²) in [6.07, 6.45) is -1.52. The maximum absolute atomic E-state index is 13.8. The molecule has 1 atom stereocenters. The Kier molecular flexibility index (Phi) is 2.93. The molecule has 0 fully saturated rings. The quantitative estimate of drug-likeness (QED) is 0.736. The highest BCUT2D eigenvalue weighted by Gasteiger charge is 2.60. The first-order chi connectivity index (χ1) is 11.3. The van der Waals surface area contributed by atoms with Gasteiger partial charge in [0.2, 0.25) is 5.60 Å². The summed E-state index contributed by atoms with van der Waals surface area (Å²) in [5.41, 5.74) is -1.19. The molecule has 0 radical (unpaired) electrons. The Labute approximate surface area is 136 Å². The second kappa shape index (κ2) is 4.70. The highest BCUT2D eigenvalue weighted by atomic mass is 19.4. The summed E-state index contributed by atoms with van der Waals surface area (Å²) in [6, 6.07) is 10.9. The van der Waals surface area contributed by atoms with Gasteiger partial charge in [-0.3, -0.25) is 4.68 Å². The van der Waals surface area contributed by atoms with Gasteiger partial charge in [0, 0.05) is 29.9 Å². The van der Waals surface area contributed by atoms with Crippen LogP contribution in [-0.4, -0.2) is 21.1 Å². The maximum Gasteiger partial charge on any atom is 0.425 e. The Balaban J connectivity index is 1.99. The lowest BCUT2D eigenvalue weighted by Crippen LogP contribution is -2.41. The average Bonchev–Trinajstić information content (AvgIpc) is 3.09. The monoisotopic (exact) mass is 330 g/mol. The van der Waals surface area contributed by atoms with E-state index < -0.39 is 11.8 Å². The van der Waals surface area contributed by atoms with E-state index in [4.69, 9.17) is 0 Å². The molecule has 0 spiro atoms. The van der Waals surface area contributed by atoms with Gasteiger partial charge < -0.3 is 5.11 Å². The molecule has 1 aliphatic carbocycles. The number of hydrogen-bond acceptors (Lipinski definition) is 2. The molecule has 24 heavy (non-hydrogen) atoms. The van der Waals surface area contributed by atoms with Crippen molar-refractivity contribution in [1.82, 2.24) is 9.78 Å². The summed E-state index contributed by atoms with van der Waals surface area (Å²) in [5.74, 6) is 0. The molecule has 3 aromatic rings. The van der Waals surface area contributed by atoms with Gasteiger partial charge in [0.05, 0.1) is 6.20 Å². The molecule has 1 N–H and O–H groups in total. The Morgan fingerprint density at radius 3 is 2.38 bits per heavy atom. The summed E-state index contributed by atoms with van der Waals surface area (Å²) in [5, 5.41) is 14.7. The summed E-state index contributed by atoms with van der Waals surface area (Å²) in [7, 11) is 1.73. The number of alkyl halides is 3. The molecule has 6 heteroatoms. The van der Waals surface area contributed by atoms with Crippen LogP contribution in [0.5, 0.6) is 0 Å². The van der Waals surface area contributed by atoms with Crippen molar-refractivity contribution in [3.8, 4) is 22.3 Å². The molecule has 0 amide bonds. The van der Waals surface area contributed by atoms with Gasteiger partial charge in [0.25, 0.3) is 0 Å². The molecule has 0 bridgehead atoms. The highest BCUT2D eigenvalue weighted by molar-refractivity contribution is 5.83. The van der Waals surface area contributed by atoms with Crippen LogP contribution in [0.3, 0.4) is 0 Å². The van der Waals surface area contributed by atoms with Crippen LogP contribution in [0.25, 0.3) is 22.3 Å². The first-order valence-electron chi connectivity index (χ1n) is 7.35. The van der Waals surface area contributed by atoms with Gasteiger partial charge >= 0.3 is 6.18 Å². The van der Waals surface area contributed by atoms with Crippen molar-refractivity contribution >= 4 is 0 Å². The molecular formula is C18H13F3N2O. The van der Waals surface area contributed by atoms with E-state index in [0.29, 0.717) is 22.3 Å². The maximum atomic E-state index is 13.8. The molecular weight excluding hydrogens is 317 g/mol. The number of hydrogen-bond donors (Lipinski definition) is 1. The van der Waals surface area contributed by atoms with Gasteiger partial charge in [-0.2, -0.15) is 18.3 Å². The lowest BCUT2D eigenvalue weighted by atomic mass is 9.89. The fraction of sp³-hybridized carbons (Fsp3) is 0.167. The van der Waals surface area contributed by atoms with Crippen LogP contribution in [0.15, 0.2) is 54.9 Å². The summed E-state index contributed by atoms with van der Waals surface area (Å²) in [6.45, 7) is 0. The third-order valence-corrected chi connectivity index (χ3v) is 4.46. The van der Waals surface area contributed by atoms with Crippen molar-refractivity contribution in [2.24, 2.45) is 7.05 Å². The molecule has 1 aromatic heterocycles. The zero-order valence-electron chi connectivity index (χ0n) is 12.7. The van der Waals surface area contributed by atoms with Crippen LogP contribution in [0.1, 0.15) is 11.1 Å². The van der Waals surface area contributed by atoms with Crippen molar-refractivity contribution in [3.05, 3.63) is 66.0 Å². The van der Waals surface area contributed by atoms with E-state index in [2.05, 4.69) is 5.10 Å². The predicted octanol–water partition coefficient (Wildman–Crippen LogP) is 3.87. The van der Waals surface area contributed by atoms with Crippen molar-refractivity contribution in [3.63, 3.8) is 0 Å². The van der Waals surface area contributed by atoms with Crippen molar-refractivity contribution in [2.45, 2.75) is 11.8 Å². The second-order valence-corrected chi connectivity index (χ2v) is 5.92. The average molecular weight is 330 g/mol. The smallest absolute Gasteiger partial charge is 0.372 e. The highest BCUT2D eigenvalue weighted by Crippen LogP contribution is 2.55. The second-order valence-electron chi connectivity index (χ2n) is 5.92. The van der Waals surface area contributed by atoms with E-state index in [1.165, 1.54) is 18.2 Å². The molecule has 1 unspecified atom stereocenters. The van der Waals surface area contributed by atoms with Gasteiger partial charge in [-0.1, -0.05) is 36.4 Å². The first kappa shape index (κ1) is 15.0. The molecule has 2 aromatic carbocycles. The number of fused-ring (bicyclic) bond motifs is 3.